The molecule has 2 N–H and O–H groups in total. The Hall–Kier alpha value is -2.32. The van der Waals surface area contributed by atoms with Crippen molar-refractivity contribution in [2.45, 2.75) is 51.2 Å². The van der Waals surface area contributed by atoms with E-state index in [2.05, 4.69) is 15.6 Å². The molecule has 0 radical (unpaired) electrons. The van der Waals surface area contributed by atoms with Gasteiger partial charge in [-0.25, -0.2) is 9.78 Å². The molecule has 2 aliphatic heterocycles. The lowest BCUT2D eigenvalue weighted by molar-refractivity contribution is 0.119. The van der Waals surface area contributed by atoms with Gasteiger partial charge in [0.1, 0.15) is 5.75 Å². The van der Waals surface area contributed by atoms with Gasteiger partial charge in [-0.2, -0.15) is 0 Å². The van der Waals surface area contributed by atoms with E-state index in [1.54, 1.807) is 11.3 Å². The van der Waals surface area contributed by atoms with Crippen LogP contribution >= 0.6 is 11.3 Å². The summed E-state index contributed by atoms with van der Waals surface area (Å²) >= 11 is 1.67. The number of carboxylic acid groups (broad SMARTS) is 1. The largest absolute Gasteiger partial charge is 0.489 e. The first-order chi connectivity index (χ1) is 14.6. The maximum atomic E-state index is 11.9. The fraction of sp³-hybridized carbons (Fsp3) is 0.545. The number of hydrogen-bond donors (Lipinski definition) is 2. The van der Waals surface area contributed by atoms with Crippen LogP contribution < -0.4 is 19.9 Å². The third-order valence-electron chi connectivity index (χ3n) is 6.45. The van der Waals surface area contributed by atoms with E-state index in [9.17, 15) is 9.90 Å². The molecule has 160 valence electrons. The Bertz CT molecular complexity index is 936. The molecule has 8 heteroatoms. The van der Waals surface area contributed by atoms with Crippen molar-refractivity contribution >= 4 is 28.2 Å². The second kappa shape index (κ2) is 8.07. The number of nitrogens with zero attached hydrogens (tertiary/aromatic N) is 3. The average molecular weight is 429 g/mol. The summed E-state index contributed by atoms with van der Waals surface area (Å²) in [6.07, 6.45) is 4.26. The van der Waals surface area contributed by atoms with Gasteiger partial charge in [0.15, 0.2) is 5.13 Å². The lowest BCUT2D eigenvalue weighted by Crippen LogP contribution is -2.43. The highest BCUT2D eigenvalue weighted by molar-refractivity contribution is 7.14. The molecule has 1 saturated carbocycles. The van der Waals surface area contributed by atoms with Crippen molar-refractivity contribution in [3.05, 3.63) is 23.1 Å². The predicted molar refractivity (Wildman–Crippen MR) is 119 cm³/mol. The van der Waals surface area contributed by atoms with Crippen molar-refractivity contribution in [2.24, 2.45) is 0 Å². The Morgan fingerprint density at radius 3 is 2.77 bits per heavy atom. The number of benzene rings is 1. The number of piperazine rings is 1. The van der Waals surface area contributed by atoms with E-state index >= 15 is 0 Å². The summed E-state index contributed by atoms with van der Waals surface area (Å²) in [7, 11) is 0. The number of thiazole rings is 1. The van der Waals surface area contributed by atoms with Gasteiger partial charge in [-0.1, -0.05) is 0 Å². The lowest BCUT2D eigenvalue weighted by Gasteiger charge is -2.36. The molecule has 1 saturated heterocycles. The zero-order valence-electron chi connectivity index (χ0n) is 17.3. The molecule has 0 unspecified atom stereocenters. The average Bonchev–Trinajstić information content (AvgIpc) is 3.20. The van der Waals surface area contributed by atoms with Crippen molar-refractivity contribution < 1.29 is 14.6 Å². The molecule has 1 aromatic carbocycles. The first-order valence-electron chi connectivity index (χ1n) is 10.9. The van der Waals surface area contributed by atoms with Crippen LogP contribution in [0.1, 0.15) is 38.2 Å². The summed E-state index contributed by atoms with van der Waals surface area (Å²) in [6, 6.07) is 3.90. The fourth-order valence-corrected chi connectivity index (χ4v) is 5.36. The second-order valence-electron chi connectivity index (χ2n) is 8.40. The highest BCUT2D eigenvalue weighted by Gasteiger charge is 2.33. The number of carbonyl (C=O) groups is 1. The maximum absolute atomic E-state index is 11.9. The van der Waals surface area contributed by atoms with Crippen LogP contribution in [0.3, 0.4) is 0 Å². The van der Waals surface area contributed by atoms with Crippen molar-refractivity contribution in [2.75, 3.05) is 36.0 Å². The molecule has 1 atom stereocenters. The number of aromatic nitrogens is 1. The fourth-order valence-electron chi connectivity index (χ4n) is 4.48. The van der Waals surface area contributed by atoms with Gasteiger partial charge in [-0.05, 0) is 51.2 Å². The maximum Gasteiger partial charge on any atom is 0.412 e. The SMILES string of the molecule is C[C@H]1CCc2c(ccc(-c3csc(N4CCNCC4)n3)c2OC2CCC2)N1C(=O)O. The van der Waals surface area contributed by atoms with Gasteiger partial charge in [0.2, 0.25) is 0 Å². The van der Waals surface area contributed by atoms with Crippen LogP contribution in [-0.2, 0) is 6.42 Å². The van der Waals surface area contributed by atoms with Gasteiger partial charge in [-0.3, -0.25) is 4.90 Å². The minimum absolute atomic E-state index is 0.0315. The molecular weight excluding hydrogens is 400 g/mol. The van der Waals surface area contributed by atoms with Crippen LogP contribution in [0.4, 0.5) is 15.6 Å². The molecule has 3 aliphatic rings. The van der Waals surface area contributed by atoms with Crippen molar-refractivity contribution in [3.63, 3.8) is 0 Å². The first kappa shape index (κ1) is 19.6. The van der Waals surface area contributed by atoms with Crippen LogP contribution in [0, 0.1) is 0 Å². The van der Waals surface area contributed by atoms with Gasteiger partial charge >= 0.3 is 6.09 Å². The second-order valence-corrected chi connectivity index (χ2v) is 9.24. The van der Waals surface area contributed by atoms with Crippen LogP contribution in [0.25, 0.3) is 11.3 Å². The van der Waals surface area contributed by atoms with Gasteiger partial charge < -0.3 is 20.1 Å². The molecular formula is C22H28N4O3S. The number of rotatable bonds is 4. The number of nitrogens with one attached hydrogen (secondary N) is 1. The molecule has 2 aromatic rings. The van der Waals surface area contributed by atoms with E-state index in [0.717, 1.165) is 85.3 Å². The van der Waals surface area contributed by atoms with E-state index < -0.39 is 6.09 Å². The highest BCUT2D eigenvalue weighted by Crippen LogP contribution is 2.45. The first-order valence-corrected chi connectivity index (χ1v) is 11.8. The molecule has 30 heavy (non-hydrogen) atoms. The van der Waals surface area contributed by atoms with Crippen molar-refractivity contribution in [1.82, 2.24) is 10.3 Å². The van der Waals surface area contributed by atoms with Crippen molar-refractivity contribution in [3.8, 4) is 17.0 Å². The predicted octanol–water partition coefficient (Wildman–Crippen LogP) is 3.97. The van der Waals surface area contributed by atoms with Crippen LogP contribution in [0.5, 0.6) is 5.75 Å². The smallest absolute Gasteiger partial charge is 0.412 e. The molecule has 7 nitrogen and oxygen atoms in total. The van der Waals surface area contributed by atoms with Gasteiger partial charge in [-0.15, -0.1) is 11.3 Å². The summed E-state index contributed by atoms with van der Waals surface area (Å²) in [5.41, 5.74) is 3.68. The summed E-state index contributed by atoms with van der Waals surface area (Å²) in [6.45, 7) is 5.86. The Morgan fingerprint density at radius 2 is 2.07 bits per heavy atom. The van der Waals surface area contributed by atoms with Crippen LogP contribution in [-0.4, -0.2) is 54.5 Å². The molecule has 0 spiro atoms. The number of anilines is 2. The monoisotopic (exact) mass is 428 g/mol. The third-order valence-corrected chi connectivity index (χ3v) is 7.35. The summed E-state index contributed by atoms with van der Waals surface area (Å²) in [5.74, 6) is 0.840. The quantitative estimate of drug-likeness (QED) is 0.767. The molecule has 3 heterocycles. The van der Waals surface area contributed by atoms with Gasteiger partial charge in [0.05, 0.1) is 17.5 Å². The lowest BCUT2D eigenvalue weighted by atomic mass is 9.92. The number of fused-ring (bicyclic) bond motifs is 1. The molecule has 1 amide bonds. The van der Waals surface area contributed by atoms with Gasteiger partial charge in [0, 0.05) is 48.7 Å². The summed E-state index contributed by atoms with van der Waals surface area (Å²) in [4.78, 5) is 20.7. The third kappa shape index (κ3) is 3.52. The minimum Gasteiger partial charge on any atom is -0.489 e. The van der Waals surface area contributed by atoms with E-state index in [0.29, 0.717) is 0 Å². The topological polar surface area (TPSA) is 77.9 Å². The standard InChI is InChI=1S/C22H28N4O3S/c1-14-5-6-17-19(26(14)22(27)28)8-7-16(20(17)29-15-3-2-4-15)18-13-30-21(24-18)25-11-9-23-10-12-25/h7-8,13-15,23H,2-6,9-12H2,1H3,(H,27,28)/t14-/m0/s1. The summed E-state index contributed by atoms with van der Waals surface area (Å²) in [5, 5.41) is 16.3. The van der Waals surface area contributed by atoms with E-state index in [4.69, 9.17) is 9.72 Å². The van der Waals surface area contributed by atoms with Gasteiger partial charge in [0.25, 0.3) is 0 Å². The number of ether oxygens (including phenoxy) is 1. The van der Waals surface area contributed by atoms with E-state index in [1.807, 2.05) is 19.1 Å². The minimum atomic E-state index is -0.902. The molecule has 1 aromatic heterocycles. The zero-order valence-corrected chi connectivity index (χ0v) is 18.1. The van der Waals surface area contributed by atoms with Crippen LogP contribution in [0.2, 0.25) is 0 Å². The Morgan fingerprint density at radius 1 is 1.27 bits per heavy atom. The number of hydrogen-bond acceptors (Lipinski definition) is 6. The van der Waals surface area contributed by atoms with Crippen molar-refractivity contribution in [1.29, 1.82) is 0 Å². The Kier molecular flexibility index (Phi) is 5.28. The number of amides is 1. The molecule has 2 fully saturated rings. The van der Waals surface area contributed by atoms with E-state index in [-0.39, 0.29) is 12.1 Å². The molecule has 0 bridgehead atoms. The molecule has 1 aliphatic carbocycles. The zero-order chi connectivity index (χ0) is 20.7. The van der Waals surface area contributed by atoms with E-state index in [1.165, 1.54) is 11.3 Å². The van der Waals surface area contributed by atoms with Crippen LogP contribution in [0.15, 0.2) is 17.5 Å². The molecule has 5 rings (SSSR count). The highest BCUT2D eigenvalue weighted by atomic mass is 32.1. The Balaban J connectivity index is 1.55. The normalized spacial score (nSPS) is 21.8. The Labute approximate surface area is 180 Å². The summed E-state index contributed by atoms with van der Waals surface area (Å²) < 4.78 is 6.47.